The van der Waals surface area contributed by atoms with Crippen LogP contribution in [0.4, 0.5) is 8.78 Å². The Bertz CT molecular complexity index is 556. The van der Waals surface area contributed by atoms with Crippen molar-refractivity contribution in [3.05, 3.63) is 28.8 Å². The van der Waals surface area contributed by atoms with Crippen LogP contribution < -0.4 is 0 Å². The van der Waals surface area contributed by atoms with E-state index in [-0.39, 0.29) is 11.1 Å². The number of halogens is 2. The van der Waals surface area contributed by atoms with Crippen molar-refractivity contribution in [2.24, 2.45) is 5.92 Å². The van der Waals surface area contributed by atoms with Crippen LogP contribution in [0.3, 0.4) is 0 Å². The van der Waals surface area contributed by atoms with E-state index < -0.39 is 34.7 Å². The molecule has 1 N–H and O–H groups in total. The summed E-state index contributed by atoms with van der Waals surface area (Å²) in [4.78, 5) is 11.5. The number of benzene rings is 1. The standard InChI is InChI=1S/C13H12F2O3/c1-18-12(17)7-5-13(7)3-2-6-8(14)4-9(16)11(15)10(6)13/h4,7,16H,2-3,5H2,1H3/t7-,13-/m1/s1. The molecule has 0 radical (unpaired) electrons. The van der Waals surface area contributed by atoms with Crippen LogP contribution in [0.2, 0.25) is 0 Å². The molecule has 0 bridgehead atoms. The maximum Gasteiger partial charge on any atom is 0.309 e. The monoisotopic (exact) mass is 254 g/mol. The number of phenolic OH excluding ortho intramolecular Hbond substituents is 1. The van der Waals surface area contributed by atoms with Gasteiger partial charge in [0.05, 0.1) is 13.0 Å². The highest BCUT2D eigenvalue weighted by atomic mass is 19.1. The zero-order valence-corrected chi connectivity index (χ0v) is 9.80. The predicted molar refractivity (Wildman–Crippen MR) is 58.1 cm³/mol. The molecule has 5 heteroatoms. The largest absolute Gasteiger partial charge is 0.505 e. The summed E-state index contributed by atoms with van der Waals surface area (Å²) in [5.41, 5.74) is -0.196. The summed E-state index contributed by atoms with van der Waals surface area (Å²) in [6.45, 7) is 0. The van der Waals surface area contributed by atoms with Gasteiger partial charge in [0.25, 0.3) is 0 Å². The van der Waals surface area contributed by atoms with Crippen molar-refractivity contribution in [1.82, 2.24) is 0 Å². The topological polar surface area (TPSA) is 46.5 Å². The number of carbonyl (C=O) groups excluding carboxylic acids is 1. The Labute approximate surface area is 102 Å². The van der Waals surface area contributed by atoms with Gasteiger partial charge in [-0.05, 0) is 24.8 Å². The second-order valence-corrected chi connectivity index (χ2v) is 4.98. The van der Waals surface area contributed by atoms with Gasteiger partial charge in [-0.15, -0.1) is 0 Å². The fourth-order valence-electron chi connectivity index (χ4n) is 3.20. The lowest BCUT2D eigenvalue weighted by Crippen LogP contribution is -2.15. The molecule has 18 heavy (non-hydrogen) atoms. The second kappa shape index (κ2) is 3.43. The number of hydrogen-bond acceptors (Lipinski definition) is 3. The van der Waals surface area contributed by atoms with E-state index in [0.29, 0.717) is 19.3 Å². The van der Waals surface area contributed by atoms with Crippen LogP contribution in [0.5, 0.6) is 5.75 Å². The van der Waals surface area contributed by atoms with Crippen LogP contribution in [0.25, 0.3) is 0 Å². The number of aromatic hydroxyl groups is 1. The highest BCUT2D eigenvalue weighted by Crippen LogP contribution is 2.63. The third-order valence-corrected chi connectivity index (χ3v) is 4.18. The van der Waals surface area contributed by atoms with Crippen LogP contribution in [0, 0.1) is 17.6 Å². The Balaban J connectivity index is 2.11. The number of methoxy groups -OCH3 is 1. The molecule has 1 aromatic rings. The third-order valence-electron chi connectivity index (χ3n) is 4.18. The first-order valence-electron chi connectivity index (χ1n) is 5.79. The summed E-state index contributed by atoms with van der Waals surface area (Å²) in [6, 6.07) is 0.794. The SMILES string of the molecule is COC(=O)[C@H]1C[C@]12CCc1c(F)cc(O)c(F)c12. The van der Waals surface area contributed by atoms with Crippen molar-refractivity contribution in [3.8, 4) is 5.75 Å². The Morgan fingerprint density at radius 2 is 2.28 bits per heavy atom. The number of esters is 1. The Hall–Kier alpha value is -1.65. The molecule has 2 aliphatic carbocycles. The predicted octanol–water partition coefficient (Wildman–Crippen LogP) is 2.05. The zero-order valence-electron chi connectivity index (χ0n) is 9.80. The van der Waals surface area contributed by atoms with Crippen molar-refractivity contribution in [3.63, 3.8) is 0 Å². The summed E-state index contributed by atoms with van der Waals surface area (Å²) >= 11 is 0. The fourth-order valence-corrected chi connectivity index (χ4v) is 3.20. The molecule has 0 heterocycles. The lowest BCUT2D eigenvalue weighted by molar-refractivity contribution is -0.142. The van der Waals surface area contributed by atoms with E-state index >= 15 is 0 Å². The minimum atomic E-state index is -0.796. The van der Waals surface area contributed by atoms with Gasteiger partial charge in [0.15, 0.2) is 11.6 Å². The average Bonchev–Trinajstić information content (AvgIpc) is 2.92. The number of hydrogen-bond donors (Lipinski definition) is 1. The molecule has 0 saturated heterocycles. The molecule has 2 atom stereocenters. The average molecular weight is 254 g/mol. The first-order valence-corrected chi connectivity index (χ1v) is 5.79. The van der Waals surface area contributed by atoms with Crippen molar-refractivity contribution in [2.75, 3.05) is 7.11 Å². The number of ether oxygens (including phenoxy) is 1. The summed E-state index contributed by atoms with van der Waals surface area (Å²) in [5.74, 6) is -2.90. The molecule has 1 spiro atoms. The van der Waals surface area contributed by atoms with Crippen molar-refractivity contribution in [1.29, 1.82) is 0 Å². The van der Waals surface area contributed by atoms with E-state index in [4.69, 9.17) is 0 Å². The fraction of sp³-hybridized carbons (Fsp3) is 0.462. The Morgan fingerprint density at radius 3 is 2.94 bits per heavy atom. The summed E-state index contributed by atoms with van der Waals surface area (Å²) < 4.78 is 32.3. The maximum absolute atomic E-state index is 14.0. The van der Waals surface area contributed by atoms with Crippen LogP contribution in [0.1, 0.15) is 24.0 Å². The molecule has 0 aliphatic heterocycles. The molecular weight excluding hydrogens is 242 g/mol. The second-order valence-electron chi connectivity index (χ2n) is 4.98. The first kappa shape index (κ1) is 11.4. The third kappa shape index (κ3) is 1.24. The van der Waals surface area contributed by atoms with Gasteiger partial charge in [-0.3, -0.25) is 4.79 Å². The quantitative estimate of drug-likeness (QED) is 0.780. The van der Waals surface area contributed by atoms with E-state index in [1.807, 2.05) is 0 Å². The van der Waals surface area contributed by atoms with Crippen molar-refractivity contribution < 1.29 is 23.4 Å². The summed E-state index contributed by atoms with van der Waals surface area (Å²) in [7, 11) is 1.28. The molecule has 1 saturated carbocycles. The molecule has 3 rings (SSSR count). The molecule has 0 unspecified atom stereocenters. The van der Waals surface area contributed by atoms with Crippen LogP contribution >= 0.6 is 0 Å². The van der Waals surface area contributed by atoms with Gasteiger partial charge in [0, 0.05) is 17.0 Å². The van der Waals surface area contributed by atoms with Crippen LogP contribution in [0.15, 0.2) is 6.07 Å². The van der Waals surface area contributed by atoms with Gasteiger partial charge in [0.1, 0.15) is 5.82 Å². The van der Waals surface area contributed by atoms with E-state index in [1.165, 1.54) is 7.11 Å². The van der Waals surface area contributed by atoms with E-state index in [2.05, 4.69) is 4.74 Å². The molecule has 3 nitrogen and oxygen atoms in total. The number of fused-ring (bicyclic) bond motifs is 2. The van der Waals surface area contributed by atoms with Gasteiger partial charge < -0.3 is 9.84 Å². The number of phenols is 1. The summed E-state index contributed by atoms with van der Waals surface area (Å²) in [6.07, 6.45) is 1.39. The first-order chi connectivity index (χ1) is 8.51. The minimum Gasteiger partial charge on any atom is -0.505 e. The molecule has 2 aliphatic rings. The van der Waals surface area contributed by atoms with Gasteiger partial charge in [-0.1, -0.05) is 0 Å². The van der Waals surface area contributed by atoms with Crippen LogP contribution in [-0.2, 0) is 21.4 Å². The van der Waals surface area contributed by atoms with E-state index in [9.17, 15) is 18.7 Å². The maximum atomic E-state index is 14.0. The lowest BCUT2D eigenvalue weighted by atomic mass is 9.94. The molecular formula is C13H12F2O3. The highest BCUT2D eigenvalue weighted by Gasteiger charge is 2.64. The van der Waals surface area contributed by atoms with Crippen molar-refractivity contribution in [2.45, 2.75) is 24.7 Å². The molecule has 96 valence electrons. The zero-order chi connectivity index (χ0) is 13.1. The molecule has 1 fully saturated rings. The minimum absolute atomic E-state index is 0.176. The number of rotatable bonds is 1. The van der Waals surface area contributed by atoms with Gasteiger partial charge in [-0.25, -0.2) is 8.78 Å². The molecule has 1 aromatic carbocycles. The lowest BCUT2D eigenvalue weighted by Gasteiger charge is -2.12. The van der Waals surface area contributed by atoms with E-state index in [1.54, 1.807) is 0 Å². The van der Waals surface area contributed by atoms with Gasteiger partial charge in [0.2, 0.25) is 0 Å². The molecule has 0 amide bonds. The molecule has 0 aromatic heterocycles. The van der Waals surface area contributed by atoms with Crippen LogP contribution in [-0.4, -0.2) is 18.2 Å². The Morgan fingerprint density at radius 1 is 1.56 bits per heavy atom. The van der Waals surface area contributed by atoms with E-state index in [0.717, 1.165) is 6.07 Å². The summed E-state index contributed by atoms with van der Waals surface area (Å²) in [5, 5.41) is 9.38. The van der Waals surface area contributed by atoms with Crippen molar-refractivity contribution >= 4 is 5.97 Å². The van der Waals surface area contributed by atoms with Gasteiger partial charge in [-0.2, -0.15) is 0 Å². The number of carbonyl (C=O) groups is 1. The Kier molecular flexibility index (Phi) is 2.18. The highest BCUT2D eigenvalue weighted by molar-refractivity contribution is 5.80. The normalized spacial score (nSPS) is 28.3. The van der Waals surface area contributed by atoms with Gasteiger partial charge >= 0.3 is 5.97 Å². The smallest absolute Gasteiger partial charge is 0.309 e.